The summed E-state index contributed by atoms with van der Waals surface area (Å²) in [6, 6.07) is 2.40. The molecule has 0 spiro atoms. The SMILES string of the molecule is CCCCCN(C)CCC(C)(C#N)NCCC. The van der Waals surface area contributed by atoms with E-state index in [1.54, 1.807) is 0 Å². The molecular weight excluding hydrogens is 210 g/mol. The first-order chi connectivity index (χ1) is 8.08. The van der Waals surface area contributed by atoms with Crippen LogP contribution in [0.5, 0.6) is 0 Å². The molecule has 1 N–H and O–H groups in total. The lowest BCUT2D eigenvalue weighted by Crippen LogP contribution is -2.43. The van der Waals surface area contributed by atoms with Crippen molar-refractivity contribution in [2.45, 2.75) is 58.4 Å². The summed E-state index contributed by atoms with van der Waals surface area (Å²) in [4.78, 5) is 2.33. The van der Waals surface area contributed by atoms with E-state index in [4.69, 9.17) is 0 Å². The van der Waals surface area contributed by atoms with Crippen molar-refractivity contribution in [2.24, 2.45) is 0 Å². The Labute approximate surface area is 107 Å². The summed E-state index contributed by atoms with van der Waals surface area (Å²) in [6.45, 7) is 9.41. The Bertz CT molecular complexity index is 222. The summed E-state index contributed by atoms with van der Waals surface area (Å²) < 4.78 is 0. The molecule has 0 saturated heterocycles. The van der Waals surface area contributed by atoms with Crippen LogP contribution in [0.1, 0.15) is 52.9 Å². The first kappa shape index (κ1) is 16.4. The van der Waals surface area contributed by atoms with E-state index in [1.165, 1.54) is 19.3 Å². The summed E-state index contributed by atoms with van der Waals surface area (Å²) in [5, 5.41) is 12.5. The molecule has 0 rings (SSSR count). The van der Waals surface area contributed by atoms with E-state index in [-0.39, 0.29) is 5.54 Å². The Morgan fingerprint density at radius 1 is 1.18 bits per heavy atom. The van der Waals surface area contributed by atoms with Gasteiger partial charge >= 0.3 is 0 Å². The molecule has 1 atom stereocenters. The number of hydrogen-bond acceptors (Lipinski definition) is 3. The second-order valence-electron chi connectivity index (χ2n) is 5.13. The topological polar surface area (TPSA) is 39.1 Å². The third-order valence-corrected chi connectivity index (χ3v) is 3.15. The van der Waals surface area contributed by atoms with Gasteiger partial charge in [0.15, 0.2) is 0 Å². The maximum Gasteiger partial charge on any atom is 0.105 e. The standard InChI is InChI=1S/C14H29N3/c1-5-7-8-11-17(4)12-9-14(3,13-15)16-10-6-2/h16H,5-12H2,1-4H3. The zero-order valence-corrected chi connectivity index (χ0v) is 12.1. The maximum absolute atomic E-state index is 9.21. The highest BCUT2D eigenvalue weighted by Gasteiger charge is 2.22. The van der Waals surface area contributed by atoms with Crippen LogP contribution in [0.4, 0.5) is 0 Å². The zero-order chi connectivity index (χ0) is 13.1. The molecular formula is C14H29N3. The smallest absolute Gasteiger partial charge is 0.105 e. The second kappa shape index (κ2) is 9.44. The van der Waals surface area contributed by atoms with Gasteiger partial charge in [0.2, 0.25) is 0 Å². The van der Waals surface area contributed by atoms with Gasteiger partial charge in [-0.1, -0.05) is 26.7 Å². The zero-order valence-electron chi connectivity index (χ0n) is 12.1. The second-order valence-corrected chi connectivity index (χ2v) is 5.13. The van der Waals surface area contributed by atoms with Crippen LogP contribution in [0.2, 0.25) is 0 Å². The predicted octanol–water partition coefficient (Wildman–Crippen LogP) is 2.78. The Balaban J connectivity index is 3.85. The van der Waals surface area contributed by atoms with E-state index in [0.29, 0.717) is 0 Å². The fraction of sp³-hybridized carbons (Fsp3) is 0.929. The molecule has 0 aromatic carbocycles. The van der Waals surface area contributed by atoms with Crippen LogP contribution < -0.4 is 5.32 Å². The quantitative estimate of drug-likeness (QED) is 0.596. The van der Waals surface area contributed by atoms with Gasteiger partial charge in [-0.3, -0.25) is 5.32 Å². The van der Waals surface area contributed by atoms with Gasteiger partial charge in [0.1, 0.15) is 5.54 Å². The molecule has 0 saturated carbocycles. The van der Waals surface area contributed by atoms with Crippen LogP contribution in [-0.2, 0) is 0 Å². The fourth-order valence-electron chi connectivity index (χ4n) is 1.74. The largest absolute Gasteiger partial charge is 0.306 e. The van der Waals surface area contributed by atoms with E-state index in [9.17, 15) is 5.26 Å². The maximum atomic E-state index is 9.21. The third kappa shape index (κ3) is 8.18. The number of hydrogen-bond donors (Lipinski definition) is 1. The highest BCUT2D eigenvalue weighted by molar-refractivity contribution is 5.03. The minimum absolute atomic E-state index is 0.366. The molecule has 1 unspecified atom stereocenters. The Kier molecular flexibility index (Phi) is 9.11. The van der Waals surface area contributed by atoms with Gasteiger partial charge in [0, 0.05) is 6.54 Å². The van der Waals surface area contributed by atoms with Crippen LogP contribution in [0.3, 0.4) is 0 Å². The van der Waals surface area contributed by atoms with Crippen molar-refractivity contribution in [2.75, 3.05) is 26.7 Å². The number of rotatable bonds is 10. The van der Waals surface area contributed by atoms with Crippen LogP contribution in [0.25, 0.3) is 0 Å². The van der Waals surface area contributed by atoms with Crippen molar-refractivity contribution in [3.63, 3.8) is 0 Å². The first-order valence-corrected chi connectivity index (χ1v) is 6.92. The molecule has 0 aliphatic heterocycles. The normalized spacial score (nSPS) is 14.6. The summed E-state index contributed by atoms with van der Waals surface area (Å²) in [5.41, 5.74) is -0.366. The molecule has 0 heterocycles. The van der Waals surface area contributed by atoms with Gasteiger partial charge in [-0.25, -0.2) is 0 Å². The van der Waals surface area contributed by atoms with Gasteiger partial charge in [-0.2, -0.15) is 5.26 Å². The molecule has 0 fully saturated rings. The summed E-state index contributed by atoms with van der Waals surface area (Å²) in [6.07, 6.45) is 5.80. The van der Waals surface area contributed by atoms with Crippen molar-refractivity contribution < 1.29 is 0 Å². The monoisotopic (exact) mass is 239 g/mol. The average molecular weight is 239 g/mol. The summed E-state index contributed by atoms with van der Waals surface area (Å²) in [5.74, 6) is 0. The molecule has 3 heteroatoms. The van der Waals surface area contributed by atoms with Crippen molar-refractivity contribution in [3.8, 4) is 6.07 Å². The van der Waals surface area contributed by atoms with Crippen molar-refractivity contribution in [1.29, 1.82) is 5.26 Å². The molecule has 0 aromatic heterocycles. The molecule has 0 aliphatic rings. The van der Waals surface area contributed by atoms with Crippen LogP contribution >= 0.6 is 0 Å². The Morgan fingerprint density at radius 3 is 2.41 bits per heavy atom. The number of nitrogens with zero attached hydrogens (tertiary/aromatic N) is 2. The van der Waals surface area contributed by atoms with E-state index < -0.39 is 0 Å². The molecule has 0 aromatic rings. The number of nitrogens with one attached hydrogen (secondary N) is 1. The van der Waals surface area contributed by atoms with E-state index in [2.05, 4.69) is 37.2 Å². The lowest BCUT2D eigenvalue weighted by molar-refractivity contribution is 0.283. The molecule has 0 radical (unpaired) electrons. The van der Waals surface area contributed by atoms with E-state index in [0.717, 1.165) is 32.5 Å². The van der Waals surface area contributed by atoms with E-state index >= 15 is 0 Å². The number of unbranched alkanes of at least 4 members (excludes halogenated alkanes) is 2. The van der Waals surface area contributed by atoms with Crippen LogP contribution in [0.15, 0.2) is 0 Å². The van der Waals surface area contributed by atoms with Gasteiger partial charge in [-0.05, 0) is 46.3 Å². The third-order valence-electron chi connectivity index (χ3n) is 3.15. The van der Waals surface area contributed by atoms with E-state index in [1.807, 2.05) is 6.92 Å². The van der Waals surface area contributed by atoms with Crippen molar-refractivity contribution >= 4 is 0 Å². The molecule has 100 valence electrons. The van der Waals surface area contributed by atoms with Gasteiger partial charge in [0.25, 0.3) is 0 Å². The highest BCUT2D eigenvalue weighted by Crippen LogP contribution is 2.09. The molecule has 0 bridgehead atoms. The predicted molar refractivity (Wildman–Crippen MR) is 74.0 cm³/mol. The molecule has 0 aliphatic carbocycles. The van der Waals surface area contributed by atoms with Gasteiger partial charge in [-0.15, -0.1) is 0 Å². The van der Waals surface area contributed by atoms with Crippen LogP contribution in [-0.4, -0.2) is 37.1 Å². The summed E-state index contributed by atoms with van der Waals surface area (Å²) in [7, 11) is 2.15. The number of nitriles is 1. The average Bonchev–Trinajstić information content (AvgIpc) is 2.34. The first-order valence-electron chi connectivity index (χ1n) is 6.92. The fourth-order valence-corrected chi connectivity index (χ4v) is 1.74. The highest BCUT2D eigenvalue weighted by atomic mass is 15.1. The Hall–Kier alpha value is -0.590. The molecule has 0 amide bonds. The molecule has 3 nitrogen and oxygen atoms in total. The summed E-state index contributed by atoms with van der Waals surface area (Å²) >= 11 is 0. The Morgan fingerprint density at radius 2 is 1.88 bits per heavy atom. The van der Waals surface area contributed by atoms with Gasteiger partial charge in [0.05, 0.1) is 6.07 Å². The minimum atomic E-state index is -0.366. The van der Waals surface area contributed by atoms with Gasteiger partial charge < -0.3 is 4.90 Å². The lowest BCUT2D eigenvalue weighted by Gasteiger charge is -2.26. The lowest BCUT2D eigenvalue weighted by atomic mass is 9.99. The van der Waals surface area contributed by atoms with Crippen molar-refractivity contribution in [1.82, 2.24) is 10.2 Å². The molecule has 17 heavy (non-hydrogen) atoms. The van der Waals surface area contributed by atoms with Crippen LogP contribution in [0, 0.1) is 11.3 Å². The van der Waals surface area contributed by atoms with Crippen molar-refractivity contribution in [3.05, 3.63) is 0 Å². The minimum Gasteiger partial charge on any atom is -0.306 e.